The number of hydrogen-bond acceptors (Lipinski definition) is 6. The summed E-state index contributed by atoms with van der Waals surface area (Å²) in [6.45, 7) is 12.5. The Hall–Kier alpha value is -2.83. The highest BCUT2D eigenvalue weighted by molar-refractivity contribution is 7.99. The summed E-state index contributed by atoms with van der Waals surface area (Å²) >= 11 is 1.60. The minimum absolute atomic E-state index is 0.269. The second-order valence-corrected chi connectivity index (χ2v) is 10.5. The third-order valence-corrected chi connectivity index (χ3v) is 6.97. The van der Waals surface area contributed by atoms with Crippen molar-refractivity contribution in [3.63, 3.8) is 0 Å². The average Bonchev–Trinajstić information content (AvgIpc) is 2.81. The molecule has 0 N–H and O–H groups in total. The Morgan fingerprint density at radius 2 is 1.50 bits per heavy atom. The number of para-hydroxylation sites is 1. The lowest BCUT2D eigenvalue weighted by Crippen LogP contribution is -2.24. The van der Waals surface area contributed by atoms with Gasteiger partial charge in [-0.1, -0.05) is 64.9 Å². The van der Waals surface area contributed by atoms with Gasteiger partial charge in [-0.25, -0.2) is 0 Å². The van der Waals surface area contributed by atoms with Crippen molar-refractivity contribution in [2.45, 2.75) is 70.1 Å². The molecule has 0 spiro atoms. The van der Waals surface area contributed by atoms with Gasteiger partial charge >= 0.3 is 0 Å². The minimum Gasteiger partial charge on any atom is -0.491 e. The Balaban J connectivity index is 2.24. The molecular formula is C28H35N3O2S. The van der Waals surface area contributed by atoms with Crippen molar-refractivity contribution in [3.8, 4) is 23.6 Å². The Morgan fingerprint density at radius 1 is 0.912 bits per heavy atom. The standard InChI is InChI=1S/C28H35N3O2S/c1-6-7-14-31-23-10-8-9-11-24(23)34-28-25(31)26(32-15-12-19(2)3)21(17-29)22(18-30)27(28)33-16-13-20(4)5/h8-11,19-20H,6-7,12-16H2,1-5H3. The Labute approximate surface area is 208 Å². The van der Waals surface area contributed by atoms with Crippen LogP contribution in [-0.2, 0) is 0 Å². The van der Waals surface area contributed by atoms with E-state index >= 15 is 0 Å². The monoisotopic (exact) mass is 477 g/mol. The molecule has 1 heterocycles. The summed E-state index contributed by atoms with van der Waals surface area (Å²) in [5, 5.41) is 20.3. The van der Waals surface area contributed by atoms with E-state index in [0.29, 0.717) is 36.5 Å². The van der Waals surface area contributed by atoms with Gasteiger partial charge in [0, 0.05) is 11.4 Å². The molecule has 0 radical (unpaired) electrons. The highest BCUT2D eigenvalue weighted by Crippen LogP contribution is 2.57. The predicted molar refractivity (Wildman–Crippen MR) is 138 cm³/mol. The number of ether oxygens (including phenoxy) is 2. The number of hydrogen-bond donors (Lipinski definition) is 0. The summed E-state index contributed by atoms with van der Waals surface area (Å²) in [5.41, 5.74) is 2.50. The van der Waals surface area contributed by atoms with Gasteiger partial charge in [0.25, 0.3) is 0 Å². The summed E-state index contributed by atoms with van der Waals surface area (Å²) in [6, 6.07) is 12.8. The van der Waals surface area contributed by atoms with E-state index in [1.165, 1.54) is 0 Å². The summed E-state index contributed by atoms with van der Waals surface area (Å²) in [4.78, 5) is 4.24. The second-order valence-electron chi connectivity index (χ2n) is 9.45. The van der Waals surface area contributed by atoms with Crippen LogP contribution in [0.1, 0.15) is 71.4 Å². The number of anilines is 2. The number of nitriles is 2. The van der Waals surface area contributed by atoms with Crippen molar-refractivity contribution >= 4 is 23.1 Å². The van der Waals surface area contributed by atoms with Gasteiger partial charge in [0.1, 0.15) is 29.0 Å². The van der Waals surface area contributed by atoms with Crippen molar-refractivity contribution < 1.29 is 9.47 Å². The van der Waals surface area contributed by atoms with Gasteiger partial charge in [-0.05, 0) is 43.2 Å². The second kappa shape index (κ2) is 12.0. The highest BCUT2D eigenvalue weighted by atomic mass is 32.2. The number of unbranched alkanes of at least 4 members (excludes halogenated alkanes) is 1. The number of rotatable bonds is 11. The van der Waals surface area contributed by atoms with Gasteiger partial charge < -0.3 is 14.4 Å². The molecule has 2 aromatic carbocycles. The van der Waals surface area contributed by atoms with Crippen LogP contribution in [0.15, 0.2) is 34.1 Å². The molecule has 0 amide bonds. The Bertz CT molecular complexity index is 1080. The summed E-state index contributed by atoms with van der Waals surface area (Å²) in [6.07, 6.45) is 3.78. The zero-order chi connectivity index (χ0) is 24.7. The first kappa shape index (κ1) is 25.8. The molecular weight excluding hydrogens is 442 g/mol. The lowest BCUT2D eigenvalue weighted by Gasteiger charge is -2.35. The summed E-state index contributed by atoms with van der Waals surface area (Å²) in [7, 11) is 0. The zero-order valence-electron chi connectivity index (χ0n) is 21.0. The zero-order valence-corrected chi connectivity index (χ0v) is 21.8. The van der Waals surface area contributed by atoms with E-state index < -0.39 is 0 Å². The molecule has 180 valence electrons. The number of nitrogens with zero attached hydrogens (tertiary/aromatic N) is 3. The summed E-state index contributed by atoms with van der Waals surface area (Å²) < 4.78 is 12.6. The van der Waals surface area contributed by atoms with Crippen LogP contribution in [0.2, 0.25) is 0 Å². The first-order valence-electron chi connectivity index (χ1n) is 12.3. The fourth-order valence-corrected chi connectivity index (χ4v) is 5.04. The largest absolute Gasteiger partial charge is 0.491 e. The van der Waals surface area contributed by atoms with Crippen molar-refractivity contribution in [3.05, 3.63) is 35.4 Å². The van der Waals surface area contributed by atoms with Gasteiger partial charge in [0.05, 0.1) is 23.8 Å². The van der Waals surface area contributed by atoms with Crippen molar-refractivity contribution in [1.29, 1.82) is 10.5 Å². The molecule has 0 unspecified atom stereocenters. The van der Waals surface area contributed by atoms with Crippen molar-refractivity contribution in [2.75, 3.05) is 24.7 Å². The van der Waals surface area contributed by atoms with E-state index in [-0.39, 0.29) is 11.1 Å². The molecule has 0 saturated heterocycles. The smallest absolute Gasteiger partial charge is 0.163 e. The van der Waals surface area contributed by atoms with E-state index in [0.717, 1.165) is 53.4 Å². The molecule has 6 heteroatoms. The molecule has 3 rings (SSSR count). The van der Waals surface area contributed by atoms with Crippen LogP contribution >= 0.6 is 11.8 Å². The summed E-state index contributed by atoms with van der Waals surface area (Å²) in [5.74, 6) is 1.96. The molecule has 0 aromatic heterocycles. The van der Waals surface area contributed by atoms with Crippen LogP contribution in [0.4, 0.5) is 11.4 Å². The average molecular weight is 478 g/mol. The molecule has 0 saturated carbocycles. The normalized spacial score (nSPS) is 12.2. The van der Waals surface area contributed by atoms with E-state index in [1.54, 1.807) is 11.8 Å². The van der Waals surface area contributed by atoms with Gasteiger partial charge in [-0.3, -0.25) is 0 Å². The maximum Gasteiger partial charge on any atom is 0.163 e. The number of benzene rings is 2. The fraction of sp³-hybridized carbons (Fsp3) is 0.500. The first-order valence-corrected chi connectivity index (χ1v) is 13.1. The molecule has 2 aromatic rings. The quantitative estimate of drug-likeness (QED) is 0.330. The molecule has 0 atom stereocenters. The van der Waals surface area contributed by atoms with Gasteiger partial charge in [-0.2, -0.15) is 10.5 Å². The molecule has 1 aliphatic rings. The molecule has 0 fully saturated rings. The third-order valence-electron chi connectivity index (χ3n) is 5.82. The van der Waals surface area contributed by atoms with Crippen LogP contribution in [-0.4, -0.2) is 19.8 Å². The first-order chi connectivity index (χ1) is 16.4. The maximum atomic E-state index is 10.2. The van der Waals surface area contributed by atoms with E-state index in [1.807, 2.05) is 12.1 Å². The van der Waals surface area contributed by atoms with Gasteiger partial charge in [-0.15, -0.1) is 0 Å². The topological polar surface area (TPSA) is 69.3 Å². The van der Waals surface area contributed by atoms with Crippen LogP contribution in [0.25, 0.3) is 0 Å². The fourth-order valence-electron chi connectivity index (χ4n) is 3.84. The van der Waals surface area contributed by atoms with E-state index in [9.17, 15) is 10.5 Å². The molecule has 0 bridgehead atoms. The van der Waals surface area contributed by atoms with Crippen LogP contribution < -0.4 is 14.4 Å². The molecule has 5 nitrogen and oxygen atoms in total. The van der Waals surface area contributed by atoms with Crippen LogP contribution in [0.5, 0.6) is 11.5 Å². The lowest BCUT2D eigenvalue weighted by atomic mass is 10.0. The predicted octanol–water partition coefficient (Wildman–Crippen LogP) is 7.68. The van der Waals surface area contributed by atoms with E-state index in [4.69, 9.17) is 9.47 Å². The SMILES string of the molecule is CCCCN1c2ccccc2Sc2c(OCCC(C)C)c(C#N)c(C#N)c(OCCC(C)C)c21. The Morgan fingerprint density at radius 3 is 2.09 bits per heavy atom. The van der Waals surface area contributed by atoms with Crippen molar-refractivity contribution in [2.24, 2.45) is 11.8 Å². The third kappa shape index (κ3) is 5.62. The van der Waals surface area contributed by atoms with Crippen LogP contribution in [0.3, 0.4) is 0 Å². The molecule has 1 aliphatic heterocycles. The van der Waals surface area contributed by atoms with Crippen LogP contribution in [0, 0.1) is 34.5 Å². The number of fused-ring (bicyclic) bond motifs is 2. The van der Waals surface area contributed by atoms with Gasteiger partial charge in [0.2, 0.25) is 0 Å². The van der Waals surface area contributed by atoms with Crippen molar-refractivity contribution in [1.82, 2.24) is 0 Å². The van der Waals surface area contributed by atoms with E-state index in [2.05, 4.69) is 63.8 Å². The van der Waals surface area contributed by atoms with Gasteiger partial charge in [0.15, 0.2) is 11.5 Å². The maximum absolute atomic E-state index is 10.2. The molecule has 34 heavy (non-hydrogen) atoms. The molecule has 0 aliphatic carbocycles. The highest BCUT2D eigenvalue weighted by Gasteiger charge is 2.34. The Kier molecular flexibility index (Phi) is 9.13. The lowest BCUT2D eigenvalue weighted by molar-refractivity contribution is 0.276. The minimum atomic E-state index is 0.269.